The highest BCUT2D eigenvalue weighted by atomic mass is 16.5. The second-order valence-electron chi connectivity index (χ2n) is 5.81. The molecule has 0 spiro atoms. The van der Waals surface area contributed by atoms with Crippen molar-refractivity contribution in [3.05, 3.63) is 60.2 Å². The molecule has 2 aromatic carbocycles. The molecule has 98 valence electrons. The number of para-hydroxylation sites is 1. The molecule has 3 rings (SSSR count). The zero-order chi connectivity index (χ0) is 13.5. The number of rotatable bonds is 3. The maximum atomic E-state index is 6.14. The van der Waals surface area contributed by atoms with Crippen molar-refractivity contribution in [3.8, 4) is 11.5 Å². The molecule has 2 atom stereocenters. The Hall–Kier alpha value is -1.80. The fourth-order valence-electron chi connectivity index (χ4n) is 2.71. The Labute approximate surface area is 114 Å². The number of hydrogen-bond acceptors (Lipinski definition) is 2. The highest BCUT2D eigenvalue weighted by Crippen LogP contribution is 2.57. The van der Waals surface area contributed by atoms with Crippen molar-refractivity contribution in [2.45, 2.75) is 25.8 Å². The van der Waals surface area contributed by atoms with E-state index >= 15 is 0 Å². The van der Waals surface area contributed by atoms with Crippen molar-refractivity contribution >= 4 is 0 Å². The molecule has 1 aliphatic rings. The van der Waals surface area contributed by atoms with Gasteiger partial charge in [0.1, 0.15) is 11.5 Å². The van der Waals surface area contributed by atoms with Crippen LogP contribution in [0.25, 0.3) is 0 Å². The van der Waals surface area contributed by atoms with Gasteiger partial charge in [0.2, 0.25) is 0 Å². The van der Waals surface area contributed by atoms with Gasteiger partial charge < -0.3 is 10.5 Å². The standard InChI is InChI=1S/C17H19NO/c1-17(2)15(16(17)18)12-7-6-10-14(11-12)19-13-8-4-3-5-9-13/h3-11,15-16H,18H2,1-2H3/t15-,16-/m0/s1. The van der Waals surface area contributed by atoms with Crippen LogP contribution in [0, 0.1) is 5.41 Å². The molecule has 0 saturated heterocycles. The summed E-state index contributed by atoms with van der Waals surface area (Å²) >= 11 is 0. The maximum absolute atomic E-state index is 6.14. The van der Waals surface area contributed by atoms with E-state index in [1.807, 2.05) is 42.5 Å². The van der Waals surface area contributed by atoms with Crippen LogP contribution in [0.3, 0.4) is 0 Å². The van der Waals surface area contributed by atoms with Gasteiger partial charge in [-0.1, -0.05) is 44.2 Å². The van der Waals surface area contributed by atoms with Crippen molar-refractivity contribution < 1.29 is 4.74 Å². The van der Waals surface area contributed by atoms with Crippen LogP contribution in [0.5, 0.6) is 11.5 Å². The van der Waals surface area contributed by atoms with Crippen LogP contribution in [0.4, 0.5) is 0 Å². The first-order valence-electron chi connectivity index (χ1n) is 6.67. The molecular weight excluding hydrogens is 234 g/mol. The van der Waals surface area contributed by atoms with Crippen molar-refractivity contribution in [3.63, 3.8) is 0 Å². The molecule has 2 aromatic rings. The molecule has 19 heavy (non-hydrogen) atoms. The highest BCUT2D eigenvalue weighted by Gasteiger charge is 2.56. The molecule has 1 fully saturated rings. The molecule has 2 heteroatoms. The van der Waals surface area contributed by atoms with E-state index in [1.54, 1.807) is 0 Å². The van der Waals surface area contributed by atoms with Crippen LogP contribution in [0.15, 0.2) is 54.6 Å². The fourth-order valence-corrected chi connectivity index (χ4v) is 2.71. The zero-order valence-electron chi connectivity index (χ0n) is 11.3. The molecule has 0 radical (unpaired) electrons. The number of ether oxygens (including phenoxy) is 1. The van der Waals surface area contributed by atoms with Crippen molar-refractivity contribution in [2.75, 3.05) is 0 Å². The van der Waals surface area contributed by atoms with Crippen molar-refractivity contribution in [2.24, 2.45) is 11.1 Å². The van der Waals surface area contributed by atoms with E-state index in [2.05, 4.69) is 26.0 Å². The highest BCUT2D eigenvalue weighted by molar-refractivity contribution is 5.40. The summed E-state index contributed by atoms with van der Waals surface area (Å²) in [4.78, 5) is 0. The maximum Gasteiger partial charge on any atom is 0.127 e. The molecule has 0 aromatic heterocycles. The Kier molecular flexibility index (Phi) is 2.83. The average molecular weight is 253 g/mol. The van der Waals surface area contributed by atoms with E-state index in [0.29, 0.717) is 5.92 Å². The molecule has 0 bridgehead atoms. The van der Waals surface area contributed by atoms with E-state index < -0.39 is 0 Å². The Morgan fingerprint density at radius 1 is 0.947 bits per heavy atom. The molecular formula is C17H19NO. The molecule has 0 amide bonds. The minimum atomic E-state index is 0.200. The minimum absolute atomic E-state index is 0.200. The molecule has 1 saturated carbocycles. The van der Waals surface area contributed by atoms with Crippen molar-refractivity contribution in [1.29, 1.82) is 0 Å². The summed E-state index contributed by atoms with van der Waals surface area (Å²) in [6, 6.07) is 18.3. The largest absolute Gasteiger partial charge is 0.457 e. The summed E-state index contributed by atoms with van der Waals surface area (Å²) in [7, 11) is 0. The van der Waals surface area contributed by atoms with E-state index in [4.69, 9.17) is 10.5 Å². The van der Waals surface area contributed by atoms with Gasteiger partial charge in [0.15, 0.2) is 0 Å². The second kappa shape index (κ2) is 4.39. The van der Waals surface area contributed by atoms with Gasteiger partial charge in [-0.25, -0.2) is 0 Å². The smallest absolute Gasteiger partial charge is 0.127 e. The third kappa shape index (κ3) is 2.24. The summed E-state index contributed by atoms with van der Waals surface area (Å²) in [6.07, 6.45) is 0. The third-order valence-corrected chi connectivity index (χ3v) is 4.11. The summed E-state index contributed by atoms with van der Waals surface area (Å²) in [5.41, 5.74) is 7.61. The average Bonchev–Trinajstić information content (AvgIpc) is 2.90. The van der Waals surface area contributed by atoms with Gasteiger partial charge in [0.05, 0.1) is 0 Å². The van der Waals surface area contributed by atoms with Gasteiger partial charge in [-0.2, -0.15) is 0 Å². The predicted octanol–water partition coefficient (Wildman–Crippen LogP) is 3.93. The quantitative estimate of drug-likeness (QED) is 0.899. The topological polar surface area (TPSA) is 35.2 Å². The van der Waals surface area contributed by atoms with Crippen LogP contribution < -0.4 is 10.5 Å². The first kappa shape index (κ1) is 12.2. The molecule has 2 nitrogen and oxygen atoms in total. The Morgan fingerprint density at radius 3 is 2.21 bits per heavy atom. The van der Waals surface area contributed by atoms with E-state index in [1.165, 1.54) is 5.56 Å². The summed E-state index contributed by atoms with van der Waals surface area (Å²) in [5, 5.41) is 0. The lowest BCUT2D eigenvalue weighted by molar-refractivity contribution is 0.481. The van der Waals surface area contributed by atoms with Gasteiger partial charge in [0.25, 0.3) is 0 Å². The van der Waals surface area contributed by atoms with E-state index in [-0.39, 0.29) is 11.5 Å². The third-order valence-electron chi connectivity index (χ3n) is 4.11. The fraction of sp³-hybridized carbons (Fsp3) is 0.294. The van der Waals surface area contributed by atoms with Crippen LogP contribution >= 0.6 is 0 Å². The molecule has 0 aliphatic heterocycles. The first-order chi connectivity index (χ1) is 9.09. The summed E-state index contributed by atoms with van der Waals surface area (Å²) in [6.45, 7) is 4.43. The Morgan fingerprint density at radius 2 is 1.58 bits per heavy atom. The van der Waals surface area contributed by atoms with Gasteiger partial charge in [-0.3, -0.25) is 0 Å². The summed E-state index contributed by atoms with van der Waals surface area (Å²) in [5.74, 6) is 2.17. The second-order valence-corrected chi connectivity index (χ2v) is 5.81. The van der Waals surface area contributed by atoms with Crippen LogP contribution in [-0.4, -0.2) is 6.04 Å². The van der Waals surface area contributed by atoms with Crippen LogP contribution in [-0.2, 0) is 0 Å². The Bertz CT molecular complexity index is 577. The lowest BCUT2D eigenvalue weighted by atomic mass is 10.0. The Balaban J connectivity index is 1.82. The lowest BCUT2D eigenvalue weighted by Crippen LogP contribution is -2.06. The summed E-state index contributed by atoms with van der Waals surface area (Å²) < 4.78 is 5.86. The molecule has 1 aliphatic carbocycles. The minimum Gasteiger partial charge on any atom is -0.457 e. The van der Waals surface area contributed by atoms with E-state index in [9.17, 15) is 0 Å². The number of nitrogens with two attached hydrogens (primary N) is 1. The normalized spacial score (nSPS) is 23.9. The monoisotopic (exact) mass is 253 g/mol. The molecule has 0 unspecified atom stereocenters. The van der Waals surface area contributed by atoms with Gasteiger partial charge >= 0.3 is 0 Å². The number of hydrogen-bond donors (Lipinski definition) is 1. The molecule has 0 heterocycles. The number of benzene rings is 2. The van der Waals surface area contributed by atoms with Crippen LogP contribution in [0.2, 0.25) is 0 Å². The van der Waals surface area contributed by atoms with Crippen LogP contribution in [0.1, 0.15) is 25.3 Å². The van der Waals surface area contributed by atoms with Gasteiger partial charge in [0, 0.05) is 12.0 Å². The van der Waals surface area contributed by atoms with Crippen molar-refractivity contribution in [1.82, 2.24) is 0 Å². The first-order valence-corrected chi connectivity index (χ1v) is 6.67. The van der Waals surface area contributed by atoms with Gasteiger partial charge in [-0.05, 0) is 35.2 Å². The zero-order valence-corrected chi connectivity index (χ0v) is 11.3. The van der Waals surface area contributed by atoms with Gasteiger partial charge in [-0.15, -0.1) is 0 Å². The SMILES string of the molecule is CC1(C)[C@@H](N)[C@@H]1c1cccc(Oc2ccccc2)c1. The predicted molar refractivity (Wildman–Crippen MR) is 77.5 cm³/mol. The molecule has 2 N–H and O–H groups in total. The lowest BCUT2D eigenvalue weighted by Gasteiger charge is -2.08. The van der Waals surface area contributed by atoms with E-state index in [0.717, 1.165) is 11.5 Å².